The van der Waals surface area contributed by atoms with E-state index in [4.69, 9.17) is 4.42 Å². The van der Waals surface area contributed by atoms with Crippen LogP contribution in [0.3, 0.4) is 0 Å². The Kier molecular flexibility index (Phi) is 3.14. The van der Waals surface area contributed by atoms with Crippen molar-refractivity contribution in [2.24, 2.45) is 0 Å². The maximum Gasteiger partial charge on any atom is 0.136 e. The summed E-state index contributed by atoms with van der Waals surface area (Å²) >= 11 is 0. The van der Waals surface area contributed by atoms with Gasteiger partial charge in [0.1, 0.15) is 11.2 Å². The second-order valence-corrected chi connectivity index (χ2v) is 7.83. The maximum atomic E-state index is 6.17. The van der Waals surface area contributed by atoms with Gasteiger partial charge in [-0.25, -0.2) is 0 Å². The first-order valence-electron chi connectivity index (χ1n) is 9.84. The molecular formula is C27H20O. The summed E-state index contributed by atoms with van der Waals surface area (Å²) in [5, 5.41) is 2.42. The van der Waals surface area contributed by atoms with Crippen LogP contribution in [0.25, 0.3) is 44.2 Å². The van der Waals surface area contributed by atoms with Crippen LogP contribution in [-0.4, -0.2) is 0 Å². The molecule has 1 aliphatic carbocycles. The van der Waals surface area contributed by atoms with Crippen molar-refractivity contribution in [1.82, 2.24) is 0 Å². The van der Waals surface area contributed by atoms with Crippen molar-refractivity contribution < 1.29 is 4.42 Å². The van der Waals surface area contributed by atoms with Gasteiger partial charge in [0, 0.05) is 10.8 Å². The van der Waals surface area contributed by atoms with Gasteiger partial charge in [0.2, 0.25) is 0 Å². The topological polar surface area (TPSA) is 13.1 Å². The number of furan rings is 1. The van der Waals surface area contributed by atoms with Gasteiger partial charge in [0.15, 0.2) is 0 Å². The predicted molar refractivity (Wildman–Crippen MR) is 117 cm³/mol. The van der Waals surface area contributed by atoms with E-state index in [-0.39, 0.29) is 0 Å². The molecule has 0 saturated heterocycles. The molecular weight excluding hydrogens is 340 g/mol. The molecule has 0 N–H and O–H groups in total. The van der Waals surface area contributed by atoms with E-state index in [0.717, 1.165) is 17.6 Å². The van der Waals surface area contributed by atoms with Crippen molar-refractivity contribution in [3.63, 3.8) is 0 Å². The van der Waals surface area contributed by atoms with Crippen LogP contribution < -0.4 is 0 Å². The Morgan fingerprint density at radius 2 is 1.46 bits per heavy atom. The number of benzene rings is 4. The Morgan fingerprint density at radius 1 is 0.714 bits per heavy atom. The first-order chi connectivity index (χ1) is 13.7. The average molecular weight is 360 g/mol. The summed E-state index contributed by atoms with van der Waals surface area (Å²) < 4.78 is 6.17. The minimum absolute atomic E-state index is 0.954. The number of para-hydroxylation sites is 1. The fraction of sp³-hybridized carbons (Fsp3) is 0.111. The zero-order chi connectivity index (χ0) is 18.8. The smallest absolute Gasteiger partial charge is 0.136 e. The van der Waals surface area contributed by atoms with Crippen LogP contribution in [0.15, 0.2) is 77.2 Å². The zero-order valence-corrected chi connectivity index (χ0v) is 16.0. The van der Waals surface area contributed by atoms with E-state index in [0.29, 0.717) is 0 Å². The molecule has 0 atom stereocenters. The molecule has 0 fully saturated rings. The highest BCUT2D eigenvalue weighted by Crippen LogP contribution is 2.47. The molecule has 1 heteroatoms. The Bertz CT molecular complexity index is 1400. The van der Waals surface area contributed by atoms with Crippen molar-refractivity contribution >= 4 is 21.9 Å². The van der Waals surface area contributed by atoms with Crippen molar-refractivity contribution in [1.29, 1.82) is 0 Å². The molecule has 1 nitrogen and oxygen atoms in total. The SMILES string of the molecule is Cc1cc2c(c(-c3cccc4oc5ccccc5c34)c1C)Cc1ccccc1-2. The second kappa shape index (κ2) is 5.59. The summed E-state index contributed by atoms with van der Waals surface area (Å²) in [5.74, 6) is 0. The third kappa shape index (κ3) is 2.02. The van der Waals surface area contributed by atoms with E-state index < -0.39 is 0 Å². The monoisotopic (exact) mass is 360 g/mol. The minimum atomic E-state index is 0.954. The summed E-state index contributed by atoms with van der Waals surface area (Å²) in [4.78, 5) is 0. The van der Waals surface area contributed by atoms with Gasteiger partial charge in [0.05, 0.1) is 0 Å². The van der Waals surface area contributed by atoms with Crippen LogP contribution in [0.1, 0.15) is 22.3 Å². The van der Waals surface area contributed by atoms with Gasteiger partial charge in [-0.15, -0.1) is 0 Å². The van der Waals surface area contributed by atoms with Gasteiger partial charge in [-0.1, -0.05) is 60.7 Å². The lowest BCUT2D eigenvalue weighted by Gasteiger charge is -2.16. The van der Waals surface area contributed by atoms with E-state index in [1.54, 1.807) is 0 Å². The number of fused-ring (bicyclic) bond motifs is 6. The van der Waals surface area contributed by atoms with Gasteiger partial charge < -0.3 is 4.42 Å². The van der Waals surface area contributed by atoms with Crippen LogP contribution in [0, 0.1) is 13.8 Å². The molecule has 6 rings (SSSR count). The fourth-order valence-corrected chi connectivity index (χ4v) is 4.87. The van der Waals surface area contributed by atoms with E-state index in [1.807, 2.05) is 6.07 Å². The lowest BCUT2D eigenvalue weighted by molar-refractivity contribution is 0.669. The summed E-state index contributed by atoms with van der Waals surface area (Å²) in [7, 11) is 0. The number of rotatable bonds is 1. The molecule has 0 radical (unpaired) electrons. The van der Waals surface area contributed by atoms with Crippen molar-refractivity contribution in [3.05, 3.63) is 95.1 Å². The quantitative estimate of drug-likeness (QED) is 0.297. The van der Waals surface area contributed by atoms with Crippen LogP contribution in [-0.2, 0) is 6.42 Å². The first kappa shape index (κ1) is 15.7. The van der Waals surface area contributed by atoms with Crippen LogP contribution in [0.2, 0.25) is 0 Å². The molecule has 0 aliphatic heterocycles. The molecule has 1 aromatic heterocycles. The Morgan fingerprint density at radius 3 is 2.39 bits per heavy atom. The molecule has 0 spiro atoms. The van der Waals surface area contributed by atoms with Gasteiger partial charge in [-0.3, -0.25) is 0 Å². The highest BCUT2D eigenvalue weighted by molar-refractivity contribution is 6.13. The number of hydrogen-bond donors (Lipinski definition) is 0. The Labute approximate surface area is 164 Å². The molecule has 1 aliphatic rings. The normalized spacial score (nSPS) is 12.5. The first-order valence-corrected chi connectivity index (χ1v) is 9.84. The van der Waals surface area contributed by atoms with Gasteiger partial charge in [0.25, 0.3) is 0 Å². The fourth-order valence-electron chi connectivity index (χ4n) is 4.87. The average Bonchev–Trinajstić information content (AvgIpc) is 3.27. The van der Waals surface area contributed by atoms with Crippen LogP contribution >= 0.6 is 0 Å². The Hall–Kier alpha value is -3.32. The van der Waals surface area contributed by atoms with Crippen molar-refractivity contribution in [3.8, 4) is 22.3 Å². The summed E-state index contributed by atoms with van der Waals surface area (Å²) in [5.41, 5.74) is 12.9. The predicted octanol–water partition coefficient (Wildman–Crippen LogP) is 7.44. The molecule has 1 heterocycles. The van der Waals surface area contributed by atoms with Gasteiger partial charge in [-0.05, 0) is 76.9 Å². The van der Waals surface area contributed by atoms with Crippen LogP contribution in [0.5, 0.6) is 0 Å². The lowest BCUT2D eigenvalue weighted by Crippen LogP contribution is -1.95. The molecule has 5 aromatic rings. The molecule has 134 valence electrons. The highest BCUT2D eigenvalue weighted by atomic mass is 16.3. The Balaban J connectivity index is 1.75. The third-order valence-electron chi connectivity index (χ3n) is 6.30. The van der Waals surface area contributed by atoms with E-state index in [9.17, 15) is 0 Å². The zero-order valence-electron chi connectivity index (χ0n) is 16.0. The largest absolute Gasteiger partial charge is 0.456 e. The number of aryl methyl sites for hydroxylation is 1. The van der Waals surface area contributed by atoms with Gasteiger partial charge >= 0.3 is 0 Å². The molecule has 0 unspecified atom stereocenters. The van der Waals surface area contributed by atoms with Gasteiger partial charge in [-0.2, -0.15) is 0 Å². The number of hydrogen-bond acceptors (Lipinski definition) is 1. The molecule has 0 saturated carbocycles. The molecule has 0 amide bonds. The maximum absolute atomic E-state index is 6.17. The lowest BCUT2D eigenvalue weighted by atomic mass is 9.87. The molecule has 0 bridgehead atoms. The van der Waals surface area contributed by atoms with E-state index in [1.165, 1.54) is 55.3 Å². The molecule has 28 heavy (non-hydrogen) atoms. The minimum Gasteiger partial charge on any atom is -0.456 e. The third-order valence-corrected chi connectivity index (χ3v) is 6.30. The summed E-state index contributed by atoms with van der Waals surface area (Å²) in [6.07, 6.45) is 0.994. The van der Waals surface area contributed by atoms with Crippen molar-refractivity contribution in [2.45, 2.75) is 20.3 Å². The van der Waals surface area contributed by atoms with Crippen molar-refractivity contribution in [2.75, 3.05) is 0 Å². The van der Waals surface area contributed by atoms with E-state index in [2.05, 4.69) is 80.6 Å². The van der Waals surface area contributed by atoms with Crippen LogP contribution in [0.4, 0.5) is 0 Å². The van der Waals surface area contributed by atoms with E-state index >= 15 is 0 Å². The second-order valence-electron chi connectivity index (χ2n) is 7.83. The summed E-state index contributed by atoms with van der Waals surface area (Å²) in [6, 6.07) is 26.0. The highest BCUT2D eigenvalue weighted by Gasteiger charge is 2.25. The summed E-state index contributed by atoms with van der Waals surface area (Å²) in [6.45, 7) is 4.49. The molecule has 4 aromatic carbocycles. The standard InChI is InChI=1S/C27H20O/c1-16-14-22-19-9-4-3-8-18(19)15-23(22)26(17(16)2)21-11-7-13-25-27(21)20-10-5-6-12-24(20)28-25/h3-14H,15H2,1-2H3.